The number of aromatic nitrogens is 2. The summed E-state index contributed by atoms with van der Waals surface area (Å²) in [5.41, 5.74) is 1.97. The molecule has 5 rings (SSSR count). The molecule has 0 unspecified atom stereocenters. The second-order valence-electron chi connectivity index (χ2n) is 8.82. The second-order valence-corrected chi connectivity index (χ2v) is 10.6. The standard InChI is InChI=1S/C25H25FN6O3S/c1-14-10-15(2)21(36(34,35)29-13-22-27-8-9-32(22)3)12-20(14)31-24-17-6-7-28-25(33)23(17)18-11-16(26)4-5-19(18)30-24/h4-7,10-12,29H,8-9,13H2,1-3H3,(H,28,33)(H,30,31). The van der Waals surface area contributed by atoms with E-state index in [1.54, 1.807) is 25.1 Å². The number of aromatic amines is 1. The smallest absolute Gasteiger partial charge is 0.256 e. The molecule has 1 aliphatic rings. The van der Waals surface area contributed by atoms with E-state index in [0.29, 0.717) is 51.1 Å². The van der Waals surface area contributed by atoms with Crippen molar-refractivity contribution in [2.45, 2.75) is 18.7 Å². The van der Waals surface area contributed by atoms with Gasteiger partial charge in [0, 0.05) is 36.2 Å². The van der Waals surface area contributed by atoms with Crippen LogP contribution in [-0.4, -0.2) is 55.8 Å². The normalized spacial score (nSPS) is 14.0. The van der Waals surface area contributed by atoms with Gasteiger partial charge in [0.25, 0.3) is 5.56 Å². The van der Waals surface area contributed by atoms with Crippen molar-refractivity contribution in [1.82, 2.24) is 19.6 Å². The maximum Gasteiger partial charge on any atom is 0.256 e. The minimum atomic E-state index is -3.84. The Morgan fingerprint density at radius 1 is 1.11 bits per heavy atom. The zero-order valence-corrected chi connectivity index (χ0v) is 20.8. The highest BCUT2D eigenvalue weighted by Crippen LogP contribution is 2.32. The largest absolute Gasteiger partial charge is 0.360 e. The maximum absolute atomic E-state index is 13.9. The monoisotopic (exact) mass is 508 g/mol. The third-order valence-electron chi connectivity index (χ3n) is 6.33. The number of nitrogens with one attached hydrogen (secondary N) is 3. The summed E-state index contributed by atoms with van der Waals surface area (Å²) in [7, 11) is -1.96. The molecule has 11 heteroatoms. The average Bonchev–Trinajstić information content (AvgIpc) is 3.24. The number of rotatable bonds is 6. The van der Waals surface area contributed by atoms with Gasteiger partial charge in [0.15, 0.2) is 0 Å². The summed E-state index contributed by atoms with van der Waals surface area (Å²) in [6.07, 6.45) is 1.49. The van der Waals surface area contributed by atoms with Crippen LogP contribution >= 0.6 is 0 Å². The highest BCUT2D eigenvalue weighted by Gasteiger charge is 2.22. The van der Waals surface area contributed by atoms with E-state index in [0.717, 1.165) is 12.1 Å². The molecule has 3 N–H and O–H groups in total. The van der Waals surface area contributed by atoms with Gasteiger partial charge in [-0.25, -0.2) is 22.5 Å². The Kier molecular flexibility index (Phi) is 5.97. The van der Waals surface area contributed by atoms with Crippen molar-refractivity contribution in [3.05, 3.63) is 69.9 Å². The molecule has 0 atom stereocenters. The van der Waals surface area contributed by atoms with Gasteiger partial charge in [-0.05, 0) is 55.3 Å². The van der Waals surface area contributed by atoms with E-state index in [-0.39, 0.29) is 17.0 Å². The molecule has 0 bridgehead atoms. The summed E-state index contributed by atoms with van der Waals surface area (Å²) >= 11 is 0. The lowest BCUT2D eigenvalue weighted by Gasteiger charge is -2.17. The summed E-state index contributed by atoms with van der Waals surface area (Å²) in [5, 5.41) is 4.39. The van der Waals surface area contributed by atoms with Crippen molar-refractivity contribution in [1.29, 1.82) is 0 Å². The number of sulfonamides is 1. The molecule has 9 nitrogen and oxygen atoms in total. The van der Waals surface area contributed by atoms with E-state index < -0.39 is 15.8 Å². The highest BCUT2D eigenvalue weighted by atomic mass is 32.2. The van der Waals surface area contributed by atoms with E-state index in [1.165, 1.54) is 24.4 Å². The van der Waals surface area contributed by atoms with Gasteiger partial charge < -0.3 is 15.2 Å². The number of H-pyrrole nitrogens is 1. The van der Waals surface area contributed by atoms with E-state index in [1.807, 2.05) is 18.9 Å². The predicted molar refractivity (Wildman–Crippen MR) is 139 cm³/mol. The van der Waals surface area contributed by atoms with Crippen LogP contribution in [0.4, 0.5) is 15.9 Å². The molecule has 0 saturated carbocycles. The Morgan fingerprint density at radius 3 is 2.67 bits per heavy atom. The van der Waals surface area contributed by atoms with Gasteiger partial charge in [0.1, 0.15) is 17.5 Å². The maximum atomic E-state index is 13.9. The van der Waals surface area contributed by atoms with Crippen LogP contribution in [0.3, 0.4) is 0 Å². The van der Waals surface area contributed by atoms with Crippen molar-refractivity contribution in [3.8, 4) is 0 Å². The molecule has 0 saturated heterocycles. The topological polar surface area (TPSA) is 120 Å². The van der Waals surface area contributed by atoms with Crippen LogP contribution in [0.2, 0.25) is 0 Å². The first-order chi connectivity index (χ1) is 17.1. The number of likely N-dealkylation sites (N-methyl/N-ethyl adjacent to an activating group) is 1. The van der Waals surface area contributed by atoms with Crippen molar-refractivity contribution < 1.29 is 12.8 Å². The summed E-state index contributed by atoms with van der Waals surface area (Å²) in [6, 6.07) is 9.08. The molecule has 0 amide bonds. The van der Waals surface area contributed by atoms with Crippen LogP contribution in [0, 0.1) is 19.7 Å². The molecule has 36 heavy (non-hydrogen) atoms. The van der Waals surface area contributed by atoms with Gasteiger partial charge in [-0.2, -0.15) is 0 Å². The lowest BCUT2D eigenvalue weighted by molar-refractivity contribution is 0.544. The quantitative estimate of drug-likeness (QED) is 0.344. The molecule has 0 radical (unpaired) electrons. The van der Waals surface area contributed by atoms with E-state index >= 15 is 0 Å². The Hall–Kier alpha value is -3.83. The fourth-order valence-electron chi connectivity index (χ4n) is 4.42. The number of hydrogen-bond donors (Lipinski definition) is 3. The molecule has 4 aromatic rings. The first-order valence-electron chi connectivity index (χ1n) is 11.4. The number of hydrogen-bond acceptors (Lipinski definition) is 7. The van der Waals surface area contributed by atoms with Crippen LogP contribution in [0.15, 0.2) is 57.3 Å². The van der Waals surface area contributed by atoms with Crippen LogP contribution in [0.25, 0.3) is 21.7 Å². The Morgan fingerprint density at radius 2 is 1.92 bits per heavy atom. The van der Waals surface area contributed by atoms with Gasteiger partial charge in [-0.3, -0.25) is 9.79 Å². The summed E-state index contributed by atoms with van der Waals surface area (Å²) in [5.74, 6) is 0.580. The van der Waals surface area contributed by atoms with Gasteiger partial charge in [0.2, 0.25) is 10.0 Å². The molecule has 2 aromatic heterocycles. The fraction of sp³-hybridized carbons (Fsp3) is 0.240. The summed E-state index contributed by atoms with van der Waals surface area (Å²) in [4.78, 5) is 26.3. The number of aliphatic imine (C=N–C) groups is 1. The first kappa shape index (κ1) is 23.9. The lowest BCUT2D eigenvalue weighted by atomic mass is 10.1. The summed E-state index contributed by atoms with van der Waals surface area (Å²) < 4.78 is 43.0. The van der Waals surface area contributed by atoms with Crippen LogP contribution in [0.5, 0.6) is 0 Å². The minimum Gasteiger partial charge on any atom is -0.360 e. The number of anilines is 2. The second kappa shape index (κ2) is 8.99. The Labute approximate surface area is 207 Å². The first-order valence-corrected chi connectivity index (χ1v) is 12.9. The van der Waals surface area contributed by atoms with Crippen LogP contribution in [-0.2, 0) is 10.0 Å². The van der Waals surface area contributed by atoms with Crippen molar-refractivity contribution >= 4 is 49.0 Å². The number of pyridine rings is 2. The van der Waals surface area contributed by atoms with Gasteiger partial charge in [0.05, 0.1) is 28.9 Å². The zero-order chi connectivity index (χ0) is 25.6. The van der Waals surface area contributed by atoms with E-state index in [2.05, 4.69) is 25.0 Å². The van der Waals surface area contributed by atoms with Crippen molar-refractivity contribution in [2.24, 2.45) is 4.99 Å². The van der Waals surface area contributed by atoms with E-state index in [4.69, 9.17) is 0 Å². The lowest BCUT2D eigenvalue weighted by Crippen LogP contribution is -2.36. The molecular formula is C25H25FN6O3S. The predicted octanol–water partition coefficient (Wildman–Crippen LogP) is 3.20. The zero-order valence-electron chi connectivity index (χ0n) is 20.0. The molecule has 0 fully saturated rings. The number of halogens is 1. The van der Waals surface area contributed by atoms with Crippen LogP contribution < -0.4 is 15.6 Å². The molecule has 1 aliphatic heterocycles. The fourth-order valence-corrected chi connectivity index (χ4v) is 5.65. The van der Waals surface area contributed by atoms with Gasteiger partial charge >= 0.3 is 0 Å². The highest BCUT2D eigenvalue weighted by molar-refractivity contribution is 7.89. The van der Waals surface area contributed by atoms with Crippen LogP contribution in [0.1, 0.15) is 11.1 Å². The van der Waals surface area contributed by atoms with Gasteiger partial charge in [-0.15, -0.1) is 0 Å². The number of benzene rings is 2. The number of fused-ring (bicyclic) bond motifs is 3. The molecule has 186 valence electrons. The SMILES string of the molecule is Cc1cc(C)c(S(=O)(=O)NCC2=NCCN2C)cc1Nc1nc2ccc(F)cc2c2c(=O)[nH]ccc12. The molecule has 0 aliphatic carbocycles. The third kappa shape index (κ3) is 4.31. The molecular weight excluding hydrogens is 483 g/mol. The van der Waals surface area contributed by atoms with Gasteiger partial charge in [-0.1, -0.05) is 6.07 Å². The van der Waals surface area contributed by atoms with E-state index in [9.17, 15) is 17.6 Å². The number of aryl methyl sites for hydroxylation is 2. The molecule has 0 spiro atoms. The average molecular weight is 509 g/mol. The summed E-state index contributed by atoms with van der Waals surface area (Å²) in [6.45, 7) is 5.10. The molecule has 3 heterocycles. The van der Waals surface area contributed by atoms with Crippen molar-refractivity contribution in [2.75, 3.05) is 32.0 Å². The Bertz CT molecular complexity index is 1720. The Balaban J connectivity index is 1.57. The number of amidine groups is 1. The third-order valence-corrected chi connectivity index (χ3v) is 7.87. The minimum absolute atomic E-state index is 0.102. The van der Waals surface area contributed by atoms with Crippen molar-refractivity contribution in [3.63, 3.8) is 0 Å². The number of nitrogens with zero attached hydrogens (tertiary/aromatic N) is 3. The molecule has 2 aromatic carbocycles.